The number of alkyl halides is 1. The monoisotopic (exact) mass is 510 g/mol. The highest BCUT2D eigenvalue weighted by atomic mass is 79.9. The summed E-state index contributed by atoms with van der Waals surface area (Å²) in [5.74, 6) is 0. The van der Waals surface area contributed by atoms with Gasteiger partial charge in [-0.05, 0) is 88.7 Å². The highest BCUT2D eigenvalue weighted by Gasteiger charge is 2.18. The van der Waals surface area contributed by atoms with E-state index in [4.69, 9.17) is 0 Å². The Morgan fingerprint density at radius 1 is 0.857 bits per heavy atom. The fourth-order valence-corrected chi connectivity index (χ4v) is 5.21. The minimum absolute atomic E-state index is 0.291. The molecule has 78 valence electrons. The van der Waals surface area contributed by atoms with E-state index in [1.165, 1.54) is 11.1 Å². The molecule has 0 aliphatic rings. The summed E-state index contributed by atoms with van der Waals surface area (Å²) in [6.45, 7) is 4.16. The molecule has 0 saturated carbocycles. The Bertz CT molecular complexity index is 341. The van der Waals surface area contributed by atoms with Gasteiger partial charge in [0.1, 0.15) is 0 Å². The second-order valence-corrected chi connectivity index (χ2v) is 7.46. The summed E-state index contributed by atoms with van der Waals surface area (Å²) in [6, 6.07) is 0. The van der Waals surface area contributed by atoms with Gasteiger partial charge in [-0.3, -0.25) is 0 Å². The fourth-order valence-electron chi connectivity index (χ4n) is 1.11. The molecule has 0 saturated heterocycles. The van der Waals surface area contributed by atoms with E-state index in [9.17, 15) is 0 Å². The number of benzene rings is 1. The lowest BCUT2D eigenvalue weighted by molar-refractivity contribution is 1.08. The largest absolute Gasteiger partial charge is 0.0841 e. The molecule has 5 heteroatoms. The first-order chi connectivity index (χ1) is 6.37. The van der Waals surface area contributed by atoms with Crippen molar-refractivity contribution in [2.45, 2.75) is 18.7 Å². The predicted octanol–water partition coefficient (Wildman–Crippen LogP) is 6.50. The molecule has 0 radical (unpaired) electrons. The van der Waals surface area contributed by atoms with E-state index >= 15 is 0 Å². The molecule has 0 amide bonds. The van der Waals surface area contributed by atoms with Gasteiger partial charge in [0.25, 0.3) is 0 Å². The lowest BCUT2D eigenvalue weighted by Gasteiger charge is -2.15. The minimum atomic E-state index is 0.291. The number of halogens is 5. The maximum absolute atomic E-state index is 3.59. The third-order valence-corrected chi connectivity index (χ3v) is 7.07. The Labute approximate surface area is 126 Å². The number of hydrogen-bond donors (Lipinski definition) is 0. The van der Waals surface area contributed by atoms with Crippen LogP contribution < -0.4 is 0 Å². The molecule has 0 aromatic heterocycles. The van der Waals surface area contributed by atoms with Gasteiger partial charge in [-0.1, -0.05) is 15.9 Å². The highest BCUT2D eigenvalue weighted by molar-refractivity contribution is 9.14. The van der Waals surface area contributed by atoms with Gasteiger partial charge in [0.05, 0.1) is 0 Å². The fraction of sp³-hybridized carbons (Fsp3) is 0.333. The van der Waals surface area contributed by atoms with Gasteiger partial charge in [-0.2, -0.15) is 0 Å². The first kappa shape index (κ1) is 13.7. The quantitative estimate of drug-likeness (QED) is 0.296. The van der Waals surface area contributed by atoms with Crippen molar-refractivity contribution in [1.29, 1.82) is 0 Å². The van der Waals surface area contributed by atoms with Crippen LogP contribution in [0.25, 0.3) is 0 Å². The van der Waals surface area contributed by atoms with Crippen LogP contribution in [-0.2, 0) is 0 Å². The Kier molecular flexibility index (Phi) is 5.18. The van der Waals surface area contributed by atoms with Crippen LogP contribution in [0.15, 0.2) is 17.9 Å². The maximum Gasteiger partial charge on any atom is 0.0390 e. The average molecular weight is 515 g/mol. The normalized spacial score (nSPS) is 13.1. The lowest BCUT2D eigenvalue weighted by Crippen LogP contribution is -1.94. The Morgan fingerprint density at radius 2 is 1.21 bits per heavy atom. The van der Waals surface area contributed by atoms with Crippen molar-refractivity contribution in [2.24, 2.45) is 0 Å². The number of hydrogen-bond acceptors (Lipinski definition) is 0. The van der Waals surface area contributed by atoms with E-state index in [0.29, 0.717) is 4.83 Å². The molecule has 0 aliphatic heterocycles. The molecule has 14 heavy (non-hydrogen) atoms. The molecule has 0 aliphatic carbocycles. The summed E-state index contributed by atoms with van der Waals surface area (Å²) in [4.78, 5) is 0.291. The smallest absolute Gasteiger partial charge is 0.0390 e. The highest BCUT2D eigenvalue weighted by Crippen LogP contribution is 2.45. The van der Waals surface area contributed by atoms with Crippen molar-refractivity contribution in [2.75, 3.05) is 0 Å². The standard InChI is InChI=1S/C9H7Br5/c1-3-6(11)8(13)5(4(2)10)9(14)7(3)12/h4H,1-2H3. The molecule has 0 bridgehead atoms. The van der Waals surface area contributed by atoms with Crippen molar-refractivity contribution < 1.29 is 0 Å². The Balaban J connectivity index is 3.60. The second kappa shape index (κ2) is 5.30. The molecule has 0 fully saturated rings. The first-order valence-corrected chi connectivity index (χ1v) is 7.93. The number of rotatable bonds is 1. The van der Waals surface area contributed by atoms with Crippen molar-refractivity contribution in [3.63, 3.8) is 0 Å². The molecule has 1 rings (SSSR count). The van der Waals surface area contributed by atoms with E-state index in [2.05, 4.69) is 93.5 Å². The molecule has 1 aromatic rings. The van der Waals surface area contributed by atoms with Crippen LogP contribution in [0.1, 0.15) is 22.9 Å². The van der Waals surface area contributed by atoms with E-state index in [1.54, 1.807) is 0 Å². The van der Waals surface area contributed by atoms with Crippen LogP contribution in [0.2, 0.25) is 0 Å². The average Bonchev–Trinajstić information content (AvgIpc) is 2.11. The van der Waals surface area contributed by atoms with E-state index in [1.807, 2.05) is 0 Å². The molecule has 1 atom stereocenters. The third kappa shape index (κ3) is 2.47. The van der Waals surface area contributed by atoms with Gasteiger partial charge in [0, 0.05) is 22.7 Å². The first-order valence-electron chi connectivity index (χ1n) is 3.84. The molecular weight excluding hydrogens is 508 g/mol. The van der Waals surface area contributed by atoms with Gasteiger partial charge in [0.2, 0.25) is 0 Å². The van der Waals surface area contributed by atoms with E-state index < -0.39 is 0 Å². The maximum atomic E-state index is 3.59. The molecule has 1 unspecified atom stereocenters. The van der Waals surface area contributed by atoms with E-state index in [0.717, 1.165) is 17.9 Å². The van der Waals surface area contributed by atoms with E-state index in [-0.39, 0.29) is 0 Å². The molecule has 1 aromatic carbocycles. The van der Waals surface area contributed by atoms with Crippen molar-refractivity contribution in [1.82, 2.24) is 0 Å². The zero-order chi connectivity index (χ0) is 11.0. The summed E-state index contributed by atoms with van der Waals surface area (Å²) in [5, 5.41) is 0. The zero-order valence-electron chi connectivity index (χ0n) is 7.47. The topological polar surface area (TPSA) is 0 Å². The van der Waals surface area contributed by atoms with Gasteiger partial charge in [-0.25, -0.2) is 0 Å². The molecule has 0 N–H and O–H groups in total. The summed E-state index contributed by atoms with van der Waals surface area (Å²) < 4.78 is 4.37. The van der Waals surface area contributed by atoms with Crippen LogP contribution >= 0.6 is 79.6 Å². The third-order valence-electron chi connectivity index (χ3n) is 1.91. The SMILES string of the molecule is Cc1c(Br)c(Br)c(C(C)Br)c(Br)c1Br. The van der Waals surface area contributed by atoms with Crippen molar-refractivity contribution >= 4 is 79.6 Å². The molecule has 0 spiro atoms. The molecule has 0 heterocycles. The summed E-state index contributed by atoms with van der Waals surface area (Å²) >= 11 is 17.9. The van der Waals surface area contributed by atoms with Gasteiger partial charge < -0.3 is 0 Å². The predicted molar refractivity (Wildman–Crippen MR) is 79.3 cm³/mol. The van der Waals surface area contributed by atoms with Crippen LogP contribution in [0.4, 0.5) is 0 Å². The summed E-state index contributed by atoms with van der Waals surface area (Å²) in [6.07, 6.45) is 0. The lowest BCUT2D eigenvalue weighted by atomic mass is 10.1. The Hall–Kier alpha value is 1.62. The van der Waals surface area contributed by atoms with Gasteiger partial charge in [0.15, 0.2) is 0 Å². The van der Waals surface area contributed by atoms with Crippen LogP contribution in [0, 0.1) is 6.92 Å². The minimum Gasteiger partial charge on any atom is -0.0841 e. The summed E-state index contributed by atoms with van der Waals surface area (Å²) in [7, 11) is 0. The van der Waals surface area contributed by atoms with Crippen LogP contribution in [0.3, 0.4) is 0 Å². The summed E-state index contributed by atoms with van der Waals surface area (Å²) in [5.41, 5.74) is 2.38. The van der Waals surface area contributed by atoms with Crippen LogP contribution in [0.5, 0.6) is 0 Å². The zero-order valence-corrected chi connectivity index (χ0v) is 15.4. The van der Waals surface area contributed by atoms with Gasteiger partial charge in [-0.15, -0.1) is 0 Å². The van der Waals surface area contributed by atoms with Crippen LogP contribution in [-0.4, -0.2) is 0 Å². The Morgan fingerprint density at radius 3 is 1.50 bits per heavy atom. The van der Waals surface area contributed by atoms with Gasteiger partial charge >= 0.3 is 0 Å². The molecule has 0 nitrogen and oxygen atoms in total. The van der Waals surface area contributed by atoms with Crippen molar-refractivity contribution in [3.05, 3.63) is 29.0 Å². The molecular formula is C9H7Br5. The van der Waals surface area contributed by atoms with Crippen molar-refractivity contribution in [3.8, 4) is 0 Å². The second-order valence-electron chi connectivity index (χ2n) is 2.91.